The van der Waals surface area contributed by atoms with Crippen LogP contribution >= 0.6 is 0 Å². The lowest BCUT2D eigenvalue weighted by atomic mass is 10.1. The van der Waals surface area contributed by atoms with E-state index in [0.717, 1.165) is 22.2 Å². The van der Waals surface area contributed by atoms with Crippen LogP contribution < -0.4 is 31.7 Å². The van der Waals surface area contributed by atoms with Crippen molar-refractivity contribution in [2.75, 3.05) is 23.7 Å². The molecule has 0 saturated carbocycles. The first-order valence-corrected chi connectivity index (χ1v) is 13.6. The second-order valence-corrected chi connectivity index (χ2v) is 9.74. The Hall–Kier alpha value is -4.83. The molecule has 1 heterocycles. The lowest BCUT2D eigenvalue weighted by molar-refractivity contribution is -0.120. The fourth-order valence-corrected chi connectivity index (χ4v) is 4.33. The van der Waals surface area contributed by atoms with Gasteiger partial charge in [0.15, 0.2) is 0 Å². The highest BCUT2D eigenvalue weighted by Gasteiger charge is 2.21. The number of carbonyl (C=O) groups excluding carboxylic acids is 3. The molecule has 0 unspecified atom stereocenters. The van der Waals surface area contributed by atoms with Crippen LogP contribution in [0.5, 0.6) is 5.75 Å². The summed E-state index contributed by atoms with van der Waals surface area (Å²) in [7, 11) is 0. The third kappa shape index (κ3) is 9.11. The Bertz CT molecular complexity index is 1450. The summed E-state index contributed by atoms with van der Waals surface area (Å²) in [6, 6.07) is 23.2. The molecule has 1 atom stereocenters. The van der Waals surface area contributed by atoms with Gasteiger partial charge in [0.1, 0.15) is 18.4 Å². The number of aromatic nitrogens is 1. The quantitative estimate of drug-likeness (QED) is 0.135. The number of hydrogen-bond donors (Lipinski definition) is 6. The number of nitrogens with two attached hydrogens (primary N) is 1. The summed E-state index contributed by atoms with van der Waals surface area (Å²) in [6.07, 6.45) is 1.63. The number of aromatic amines is 1. The molecule has 4 amide bonds. The average molecular weight is 557 g/mol. The van der Waals surface area contributed by atoms with Gasteiger partial charge < -0.3 is 36.7 Å². The number of anilines is 2. The fraction of sp³-hybridized carbons (Fsp3) is 0.258. The number of amides is 4. The number of aryl methyl sites for hydroxylation is 1. The minimum atomic E-state index is -0.794. The summed E-state index contributed by atoms with van der Waals surface area (Å²) in [4.78, 5) is 40.7. The fourth-order valence-electron chi connectivity index (χ4n) is 4.33. The van der Waals surface area contributed by atoms with Gasteiger partial charge in [0.05, 0.1) is 6.54 Å². The highest BCUT2D eigenvalue weighted by atomic mass is 16.5. The predicted molar refractivity (Wildman–Crippen MR) is 161 cm³/mol. The van der Waals surface area contributed by atoms with Crippen molar-refractivity contribution < 1.29 is 19.1 Å². The SMILES string of the molecule is Cc1cc2cc(NC(=O)[C@H](CCCCNC(=O)CN)NC(=O)Nc3ccc(OCc4ccccc4)cc3)ccc2[nH]1. The summed E-state index contributed by atoms with van der Waals surface area (Å²) in [5, 5.41) is 12.2. The number of urea groups is 1. The molecule has 10 heteroatoms. The van der Waals surface area contributed by atoms with Gasteiger partial charge in [-0.25, -0.2) is 4.79 Å². The highest BCUT2D eigenvalue weighted by Crippen LogP contribution is 2.21. The summed E-state index contributed by atoms with van der Waals surface area (Å²) >= 11 is 0. The molecule has 4 rings (SSSR count). The Labute approximate surface area is 239 Å². The van der Waals surface area contributed by atoms with Crippen molar-refractivity contribution in [2.24, 2.45) is 5.73 Å². The van der Waals surface area contributed by atoms with E-state index in [4.69, 9.17) is 10.5 Å². The molecule has 0 bridgehead atoms. The van der Waals surface area contributed by atoms with Gasteiger partial charge in [-0.3, -0.25) is 9.59 Å². The van der Waals surface area contributed by atoms with Crippen molar-refractivity contribution in [3.63, 3.8) is 0 Å². The monoisotopic (exact) mass is 556 g/mol. The van der Waals surface area contributed by atoms with E-state index in [-0.39, 0.29) is 18.4 Å². The molecule has 4 aromatic rings. The number of carbonyl (C=O) groups is 3. The minimum absolute atomic E-state index is 0.0715. The number of fused-ring (bicyclic) bond motifs is 1. The molecular formula is C31H36N6O4. The Morgan fingerprint density at radius 2 is 1.66 bits per heavy atom. The van der Waals surface area contributed by atoms with Gasteiger partial charge in [-0.1, -0.05) is 30.3 Å². The standard InChI is InChI=1S/C31H36N6O4/c1-21-17-23-18-25(12-15-27(23)34-21)35-30(39)28(9-5-6-16-33-29(38)19-32)37-31(40)36-24-10-13-26(14-11-24)41-20-22-7-3-2-4-8-22/h2-4,7-8,10-15,17-18,28,34H,5-6,9,16,19-20,32H2,1H3,(H,33,38)(H,35,39)(H2,36,37,40)/t28-/m0/s1. The number of nitrogens with one attached hydrogen (secondary N) is 5. The van der Waals surface area contributed by atoms with E-state index in [9.17, 15) is 14.4 Å². The number of rotatable bonds is 13. The molecule has 214 valence electrons. The predicted octanol–water partition coefficient (Wildman–Crippen LogP) is 4.43. The molecule has 0 fully saturated rings. The van der Waals surface area contributed by atoms with Gasteiger partial charge in [0.2, 0.25) is 11.8 Å². The first-order chi connectivity index (χ1) is 19.9. The van der Waals surface area contributed by atoms with E-state index in [1.165, 1.54) is 0 Å². The zero-order chi connectivity index (χ0) is 29.0. The Morgan fingerprint density at radius 1 is 0.902 bits per heavy atom. The van der Waals surface area contributed by atoms with Crippen LogP contribution in [-0.4, -0.2) is 42.0 Å². The smallest absolute Gasteiger partial charge is 0.319 e. The van der Waals surface area contributed by atoms with Crippen molar-refractivity contribution in [2.45, 2.75) is 38.8 Å². The molecule has 0 radical (unpaired) electrons. The Balaban J connectivity index is 1.34. The zero-order valence-electron chi connectivity index (χ0n) is 23.0. The van der Waals surface area contributed by atoms with E-state index in [1.807, 2.05) is 61.5 Å². The van der Waals surface area contributed by atoms with E-state index in [2.05, 4.69) is 26.3 Å². The molecule has 0 saturated heterocycles. The van der Waals surface area contributed by atoms with Gasteiger partial charge in [-0.2, -0.15) is 0 Å². The van der Waals surface area contributed by atoms with E-state index >= 15 is 0 Å². The summed E-state index contributed by atoms with van der Waals surface area (Å²) < 4.78 is 5.80. The van der Waals surface area contributed by atoms with Crippen molar-refractivity contribution in [1.82, 2.24) is 15.6 Å². The largest absolute Gasteiger partial charge is 0.489 e. The molecule has 0 aliphatic carbocycles. The highest BCUT2D eigenvalue weighted by molar-refractivity contribution is 6.00. The van der Waals surface area contributed by atoms with Gasteiger partial charge in [0, 0.05) is 34.5 Å². The maximum atomic E-state index is 13.2. The average Bonchev–Trinajstić information content (AvgIpc) is 3.35. The van der Waals surface area contributed by atoms with Crippen LogP contribution in [0.15, 0.2) is 78.9 Å². The van der Waals surface area contributed by atoms with E-state index < -0.39 is 12.1 Å². The number of ether oxygens (including phenoxy) is 1. The summed E-state index contributed by atoms with van der Waals surface area (Å²) in [5.41, 5.74) is 9.58. The third-order valence-corrected chi connectivity index (χ3v) is 6.43. The Morgan fingerprint density at radius 3 is 2.41 bits per heavy atom. The lowest BCUT2D eigenvalue weighted by Gasteiger charge is -2.19. The third-order valence-electron chi connectivity index (χ3n) is 6.43. The minimum Gasteiger partial charge on any atom is -0.489 e. The molecule has 3 aromatic carbocycles. The molecule has 0 aliphatic heterocycles. The second kappa shape index (κ2) is 14.5. The topological polar surface area (TPSA) is 150 Å². The van der Waals surface area contributed by atoms with Crippen LogP contribution in [0.2, 0.25) is 0 Å². The number of unbranched alkanes of at least 4 members (excludes halogenated alkanes) is 1. The number of benzene rings is 3. The molecule has 41 heavy (non-hydrogen) atoms. The summed E-state index contributed by atoms with van der Waals surface area (Å²) in [6.45, 7) is 2.78. The molecule has 1 aromatic heterocycles. The van der Waals surface area contributed by atoms with Gasteiger partial charge in [-0.05, 0) is 80.3 Å². The summed E-state index contributed by atoms with van der Waals surface area (Å²) in [5.74, 6) is 0.111. The lowest BCUT2D eigenvalue weighted by Crippen LogP contribution is -2.45. The Kier molecular flexibility index (Phi) is 10.3. The maximum absolute atomic E-state index is 13.2. The van der Waals surface area contributed by atoms with E-state index in [1.54, 1.807) is 24.3 Å². The van der Waals surface area contributed by atoms with Crippen LogP contribution in [0.4, 0.5) is 16.2 Å². The molecule has 7 N–H and O–H groups in total. The van der Waals surface area contributed by atoms with E-state index in [0.29, 0.717) is 49.5 Å². The second-order valence-electron chi connectivity index (χ2n) is 9.74. The molecule has 0 spiro atoms. The zero-order valence-corrected chi connectivity index (χ0v) is 23.0. The molecular weight excluding hydrogens is 520 g/mol. The van der Waals surface area contributed by atoms with Crippen LogP contribution in [0.1, 0.15) is 30.5 Å². The van der Waals surface area contributed by atoms with Crippen LogP contribution in [0.25, 0.3) is 10.9 Å². The maximum Gasteiger partial charge on any atom is 0.319 e. The molecule has 0 aliphatic rings. The normalized spacial score (nSPS) is 11.5. The number of hydrogen-bond acceptors (Lipinski definition) is 5. The van der Waals surface area contributed by atoms with Crippen LogP contribution in [-0.2, 0) is 16.2 Å². The first kappa shape index (κ1) is 29.2. The molecule has 10 nitrogen and oxygen atoms in total. The van der Waals surface area contributed by atoms with Crippen molar-refractivity contribution in [1.29, 1.82) is 0 Å². The van der Waals surface area contributed by atoms with Crippen molar-refractivity contribution in [3.8, 4) is 5.75 Å². The van der Waals surface area contributed by atoms with Crippen molar-refractivity contribution >= 4 is 40.1 Å². The first-order valence-electron chi connectivity index (χ1n) is 13.6. The van der Waals surface area contributed by atoms with Gasteiger partial charge >= 0.3 is 6.03 Å². The van der Waals surface area contributed by atoms with Crippen LogP contribution in [0, 0.1) is 6.92 Å². The van der Waals surface area contributed by atoms with Crippen molar-refractivity contribution in [3.05, 3.63) is 90.1 Å². The van der Waals surface area contributed by atoms with Crippen LogP contribution in [0.3, 0.4) is 0 Å². The number of H-pyrrole nitrogens is 1. The van der Waals surface area contributed by atoms with Gasteiger partial charge in [0.25, 0.3) is 0 Å². The van der Waals surface area contributed by atoms with Gasteiger partial charge in [-0.15, -0.1) is 0 Å².